The fraction of sp³-hybridized carbons (Fsp3) is 0.381. The third-order valence-corrected chi connectivity index (χ3v) is 5.88. The second-order valence-corrected chi connectivity index (χ2v) is 7.75. The SMILES string of the molecule is I.NC(=NCC1(O)CCc2ccccc21)N1CCN(c2ccc(Cl)cc2)CC1. The average molecular weight is 513 g/mol. The molecule has 0 radical (unpaired) electrons. The predicted octanol–water partition coefficient (Wildman–Crippen LogP) is 3.23. The molecule has 150 valence electrons. The molecular weight excluding hydrogens is 487 g/mol. The van der Waals surface area contributed by atoms with E-state index in [1.165, 1.54) is 11.3 Å². The molecule has 1 aliphatic carbocycles. The first-order chi connectivity index (χ1) is 13.0. The van der Waals surface area contributed by atoms with Crippen LogP contribution in [0.2, 0.25) is 5.02 Å². The van der Waals surface area contributed by atoms with Crippen LogP contribution in [-0.4, -0.2) is 48.7 Å². The molecule has 0 aromatic heterocycles. The van der Waals surface area contributed by atoms with Crippen molar-refractivity contribution in [3.63, 3.8) is 0 Å². The van der Waals surface area contributed by atoms with Crippen molar-refractivity contribution >= 4 is 47.2 Å². The number of anilines is 1. The topological polar surface area (TPSA) is 65.1 Å². The maximum atomic E-state index is 11.0. The van der Waals surface area contributed by atoms with Crippen LogP contribution in [0, 0.1) is 0 Å². The van der Waals surface area contributed by atoms with E-state index in [4.69, 9.17) is 17.3 Å². The quantitative estimate of drug-likeness (QED) is 0.377. The molecule has 1 unspecified atom stereocenters. The summed E-state index contributed by atoms with van der Waals surface area (Å²) in [5.41, 5.74) is 8.72. The number of aryl methyl sites for hydroxylation is 1. The molecule has 0 spiro atoms. The van der Waals surface area contributed by atoms with Crippen LogP contribution in [0.3, 0.4) is 0 Å². The Kier molecular flexibility index (Phi) is 6.73. The maximum Gasteiger partial charge on any atom is 0.191 e. The Bertz CT molecular complexity index is 837. The summed E-state index contributed by atoms with van der Waals surface area (Å²) in [6.45, 7) is 3.70. The van der Waals surface area contributed by atoms with Gasteiger partial charge in [0.2, 0.25) is 0 Å². The molecule has 0 amide bonds. The number of benzene rings is 2. The third kappa shape index (κ3) is 4.39. The molecule has 1 aliphatic heterocycles. The Morgan fingerprint density at radius 1 is 1.07 bits per heavy atom. The van der Waals surface area contributed by atoms with Crippen molar-refractivity contribution in [3.8, 4) is 0 Å². The maximum absolute atomic E-state index is 11.0. The van der Waals surface area contributed by atoms with Gasteiger partial charge < -0.3 is 20.6 Å². The number of aliphatic hydroxyl groups is 1. The lowest BCUT2D eigenvalue weighted by molar-refractivity contribution is 0.0483. The highest BCUT2D eigenvalue weighted by Gasteiger charge is 2.36. The lowest BCUT2D eigenvalue weighted by Gasteiger charge is -2.37. The normalized spacial score (nSPS) is 22.0. The van der Waals surface area contributed by atoms with Crippen LogP contribution in [0.25, 0.3) is 0 Å². The minimum Gasteiger partial charge on any atom is -0.383 e. The zero-order chi connectivity index (χ0) is 18.9. The molecule has 4 rings (SSSR count). The van der Waals surface area contributed by atoms with Gasteiger partial charge in [-0.1, -0.05) is 35.9 Å². The molecular formula is C21H26ClIN4O. The summed E-state index contributed by atoms with van der Waals surface area (Å²) < 4.78 is 0. The summed E-state index contributed by atoms with van der Waals surface area (Å²) in [5.74, 6) is 0.517. The highest BCUT2D eigenvalue weighted by molar-refractivity contribution is 14.0. The van der Waals surface area contributed by atoms with Crippen LogP contribution in [0.4, 0.5) is 5.69 Å². The van der Waals surface area contributed by atoms with Crippen LogP contribution in [-0.2, 0) is 12.0 Å². The number of aliphatic imine (C=N–C) groups is 1. The first kappa shape index (κ1) is 21.2. The summed E-state index contributed by atoms with van der Waals surface area (Å²) in [6, 6.07) is 16.0. The Morgan fingerprint density at radius 3 is 2.46 bits per heavy atom. The van der Waals surface area contributed by atoms with Gasteiger partial charge in [-0.15, -0.1) is 24.0 Å². The summed E-state index contributed by atoms with van der Waals surface area (Å²) in [5, 5.41) is 11.8. The Labute approximate surface area is 188 Å². The number of hydrogen-bond acceptors (Lipinski definition) is 3. The van der Waals surface area contributed by atoms with Crippen LogP contribution >= 0.6 is 35.6 Å². The molecule has 1 heterocycles. The van der Waals surface area contributed by atoms with Crippen molar-refractivity contribution in [2.75, 3.05) is 37.6 Å². The third-order valence-electron chi connectivity index (χ3n) is 5.62. The largest absolute Gasteiger partial charge is 0.383 e. The molecule has 1 atom stereocenters. The van der Waals surface area contributed by atoms with Crippen LogP contribution < -0.4 is 10.6 Å². The molecule has 7 heteroatoms. The van der Waals surface area contributed by atoms with Crippen molar-refractivity contribution in [2.45, 2.75) is 18.4 Å². The van der Waals surface area contributed by atoms with E-state index in [1.807, 2.05) is 42.5 Å². The van der Waals surface area contributed by atoms with Gasteiger partial charge >= 0.3 is 0 Å². The summed E-state index contributed by atoms with van der Waals surface area (Å²) >= 11 is 5.97. The zero-order valence-corrected chi connectivity index (χ0v) is 18.8. The van der Waals surface area contributed by atoms with E-state index in [1.54, 1.807) is 0 Å². The molecule has 5 nitrogen and oxygen atoms in total. The Morgan fingerprint density at radius 2 is 1.75 bits per heavy atom. The molecule has 0 saturated carbocycles. The first-order valence-electron chi connectivity index (χ1n) is 9.41. The summed E-state index contributed by atoms with van der Waals surface area (Å²) in [4.78, 5) is 8.96. The van der Waals surface area contributed by atoms with Gasteiger partial charge in [0.15, 0.2) is 5.96 Å². The van der Waals surface area contributed by atoms with E-state index in [2.05, 4.69) is 20.9 Å². The summed E-state index contributed by atoms with van der Waals surface area (Å²) in [7, 11) is 0. The van der Waals surface area contributed by atoms with Gasteiger partial charge in [-0.25, -0.2) is 4.99 Å². The number of nitrogens with two attached hydrogens (primary N) is 1. The van der Waals surface area contributed by atoms with Crippen molar-refractivity contribution in [1.29, 1.82) is 0 Å². The predicted molar refractivity (Wildman–Crippen MR) is 126 cm³/mol. The van der Waals surface area contributed by atoms with Gasteiger partial charge in [-0.05, 0) is 48.2 Å². The van der Waals surface area contributed by atoms with E-state index in [0.717, 1.165) is 43.2 Å². The van der Waals surface area contributed by atoms with Crippen LogP contribution in [0.1, 0.15) is 17.5 Å². The van der Waals surface area contributed by atoms with E-state index < -0.39 is 5.60 Å². The Balaban J connectivity index is 0.00000225. The second kappa shape index (κ2) is 8.88. The number of fused-ring (bicyclic) bond motifs is 1. The fourth-order valence-electron chi connectivity index (χ4n) is 3.99. The van der Waals surface area contributed by atoms with Crippen LogP contribution in [0.15, 0.2) is 53.5 Å². The van der Waals surface area contributed by atoms with E-state index in [0.29, 0.717) is 18.9 Å². The van der Waals surface area contributed by atoms with Crippen LogP contribution in [0.5, 0.6) is 0 Å². The molecule has 1 fully saturated rings. The highest BCUT2D eigenvalue weighted by atomic mass is 127. The van der Waals surface area contributed by atoms with Gasteiger partial charge in [0.1, 0.15) is 5.60 Å². The molecule has 2 aliphatic rings. The fourth-order valence-corrected chi connectivity index (χ4v) is 4.12. The smallest absolute Gasteiger partial charge is 0.191 e. The van der Waals surface area contributed by atoms with Crippen molar-refractivity contribution in [3.05, 3.63) is 64.7 Å². The molecule has 3 N–H and O–H groups in total. The number of rotatable bonds is 3. The molecule has 28 heavy (non-hydrogen) atoms. The van der Waals surface area contributed by atoms with Gasteiger partial charge in [-0.3, -0.25) is 0 Å². The number of nitrogens with zero attached hydrogens (tertiary/aromatic N) is 3. The number of guanidine groups is 1. The van der Waals surface area contributed by atoms with Crippen molar-refractivity contribution < 1.29 is 5.11 Å². The van der Waals surface area contributed by atoms with E-state index in [9.17, 15) is 5.11 Å². The Hall–Kier alpha value is -1.51. The van der Waals surface area contributed by atoms with Gasteiger partial charge in [-0.2, -0.15) is 0 Å². The van der Waals surface area contributed by atoms with Gasteiger partial charge in [0.25, 0.3) is 0 Å². The standard InChI is InChI=1S/C21H25ClN4O.HI/c22-17-5-7-18(8-6-17)25-11-13-26(14-12-25)20(23)24-15-21(27)10-9-16-3-1-2-4-19(16)21;/h1-8,27H,9-15H2,(H2,23,24);1H. The number of halogens is 2. The lowest BCUT2D eigenvalue weighted by atomic mass is 9.96. The van der Waals surface area contributed by atoms with Crippen molar-refractivity contribution in [2.24, 2.45) is 10.7 Å². The molecule has 2 aromatic rings. The molecule has 1 saturated heterocycles. The first-order valence-corrected chi connectivity index (χ1v) is 9.79. The van der Waals surface area contributed by atoms with Gasteiger partial charge in [0.05, 0.1) is 6.54 Å². The lowest BCUT2D eigenvalue weighted by Crippen LogP contribution is -2.51. The minimum absolute atomic E-state index is 0. The second-order valence-electron chi connectivity index (χ2n) is 7.31. The zero-order valence-electron chi connectivity index (χ0n) is 15.7. The summed E-state index contributed by atoms with van der Waals surface area (Å²) in [6.07, 6.45) is 1.59. The number of piperazine rings is 1. The minimum atomic E-state index is -0.896. The monoisotopic (exact) mass is 512 g/mol. The molecule has 0 bridgehead atoms. The molecule has 2 aromatic carbocycles. The highest BCUT2D eigenvalue weighted by Crippen LogP contribution is 2.36. The van der Waals surface area contributed by atoms with Gasteiger partial charge in [0, 0.05) is 36.9 Å². The number of hydrogen-bond donors (Lipinski definition) is 2. The van der Waals surface area contributed by atoms with E-state index in [-0.39, 0.29) is 24.0 Å². The van der Waals surface area contributed by atoms with E-state index >= 15 is 0 Å². The average Bonchev–Trinajstić information content (AvgIpc) is 3.04. The van der Waals surface area contributed by atoms with Crippen molar-refractivity contribution in [1.82, 2.24) is 4.90 Å².